The van der Waals surface area contributed by atoms with Gasteiger partial charge in [0, 0.05) is 6.04 Å². The van der Waals surface area contributed by atoms with E-state index < -0.39 is 10.0 Å². The number of aryl methyl sites for hydroxylation is 2. The summed E-state index contributed by atoms with van der Waals surface area (Å²) < 4.78 is 32.5. The van der Waals surface area contributed by atoms with Gasteiger partial charge in [-0.2, -0.15) is 9.40 Å². The summed E-state index contributed by atoms with van der Waals surface area (Å²) in [6.07, 6.45) is 3.17. The van der Waals surface area contributed by atoms with Gasteiger partial charge in [-0.05, 0) is 38.8 Å². The molecular formula is C13H17N3O3S. The van der Waals surface area contributed by atoms with Crippen molar-refractivity contribution in [3.8, 4) is 0 Å². The molecule has 6 nitrogen and oxygen atoms in total. The molecule has 0 amide bonds. The van der Waals surface area contributed by atoms with Crippen molar-refractivity contribution in [1.29, 1.82) is 0 Å². The van der Waals surface area contributed by atoms with Gasteiger partial charge in [0.15, 0.2) is 0 Å². The van der Waals surface area contributed by atoms with Gasteiger partial charge in [0.25, 0.3) is 0 Å². The number of hydrogen-bond donors (Lipinski definition) is 1. The number of rotatable bonds is 5. The van der Waals surface area contributed by atoms with Crippen molar-refractivity contribution in [2.75, 3.05) is 0 Å². The van der Waals surface area contributed by atoms with E-state index in [1.165, 1.54) is 10.5 Å². The number of sulfonamides is 1. The van der Waals surface area contributed by atoms with Crippen LogP contribution >= 0.6 is 0 Å². The Hall–Kier alpha value is -1.60. The summed E-state index contributed by atoms with van der Waals surface area (Å²) >= 11 is 0. The van der Waals surface area contributed by atoms with Crippen molar-refractivity contribution in [3.63, 3.8) is 0 Å². The predicted octanol–water partition coefficient (Wildman–Crippen LogP) is 1.97. The molecule has 7 heteroatoms. The van der Waals surface area contributed by atoms with Crippen molar-refractivity contribution < 1.29 is 12.8 Å². The van der Waals surface area contributed by atoms with E-state index in [0.717, 1.165) is 18.6 Å². The molecule has 2 aromatic rings. The standard InChI is InChI=1S/C13H17N3O3S/c1-9-3-6-12(19-9)8-16(11-4-5-11)20(17,18)13-7-14-15-10(13)2/h3,6-7,11H,4-5,8H2,1-2H3,(H,14,15). The minimum Gasteiger partial charge on any atom is -0.465 e. The molecule has 108 valence electrons. The molecule has 1 aliphatic carbocycles. The Morgan fingerprint density at radius 3 is 2.65 bits per heavy atom. The Balaban J connectivity index is 1.93. The zero-order valence-electron chi connectivity index (χ0n) is 11.5. The van der Waals surface area contributed by atoms with Crippen molar-refractivity contribution >= 4 is 10.0 Å². The van der Waals surface area contributed by atoms with E-state index in [0.29, 0.717) is 11.5 Å². The van der Waals surface area contributed by atoms with E-state index in [9.17, 15) is 8.42 Å². The number of nitrogens with one attached hydrogen (secondary N) is 1. The van der Waals surface area contributed by atoms with Gasteiger partial charge < -0.3 is 4.42 Å². The molecule has 0 saturated heterocycles. The van der Waals surface area contributed by atoms with Gasteiger partial charge in [-0.15, -0.1) is 0 Å². The highest BCUT2D eigenvalue weighted by molar-refractivity contribution is 7.89. The highest BCUT2D eigenvalue weighted by Crippen LogP contribution is 2.34. The van der Waals surface area contributed by atoms with Gasteiger partial charge in [-0.25, -0.2) is 8.42 Å². The highest BCUT2D eigenvalue weighted by Gasteiger charge is 2.39. The van der Waals surface area contributed by atoms with E-state index in [1.54, 1.807) is 6.92 Å². The first-order chi connectivity index (χ1) is 9.48. The van der Waals surface area contributed by atoms with Gasteiger partial charge in [0.2, 0.25) is 10.0 Å². The molecular weight excluding hydrogens is 278 g/mol. The van der Waals surface area contributed by atoms with Crippen LogP contribution in [0.1, 0.15) is 30.1 Å². The van der Waals surface area contributed by atoms with Crippen molar-refractivity contribution in [2.45, 2.75) is 44.2 Å². The van der Waals surface area contributed by atoms with Gasteiger partial charge >= 0.3 is 0 Å². The number of aromatic amines is 1. The largest absolute Gasteiger partial charge is 0.465 e. The molecule has 1 fully saturated rings. The highest BCUT2D eigenvalue weighted by atomic mass is 32.2. The average Bonchev–Trinajstić information content (AvgIpc) is 2.99. The molecule has 1 saturated carbocycles. The Labute approximate surface area is 117 Å². The lowest BCUT2D eigenvalue weighted by Gasteiger charge is -2.20. The van der Waals surface area contributed by atoms with E-state index >= 15 is 0 Å². The van der Waals surface area contributed by atoms with E-state index in [2.05, 4.69) is 10.2 Å². The molecule has 0 aliphatic heterocycles. The molecule has 20 heavy (non-hydrogen) atoms. The maximum atomic E-state index is 12.7. The Morgan fingerprint density at radius 2 is 2.15 bits per heavy atom. The third-order valence-corrected chi connectivity index (χ3v) is 5.44. The minimum absolute atomic E-state index is 0.0692. The molecule has 0 radical (unpaired) electrons. The fourth-order valence-electron chi connectivity index (χ4n) is 2.22. The number of H-pyrrole nitrogens is 1. The van der Waals surface area contributed by atoms with Crippen LogP contribution in [-0.4, -0.2) is 29.0 Å². The summed E-state index contributed by atoms with van der Waals surface area (Å²) in [7, 11) is -3.53. The Bertz CT molecular complexity index is 713. The number of furan rings is 1. The quantitative estimate of drug-likeness (QED) is 0.914. The van der Waals surface area contributed by atoms with Crippen LogP contribution in [0.2, 0.25) is 0 Å². The maximum Gasteiger partial charge on any atom is 0.247 e. The lowest BCUT2D eigenvalue weighted by Crippen LogP contribution is -2.32. The summed E-state index contributed by atoms with van der Waals surface area (Å²) in [6.45, 7) is 3.83. The summed E-state index contributed by atoms with van der Waals surface area (Å²) in [5, 5.41) is 6.48. The van der Waals surface area contributed by atoms with Crippen LogP contribution in [0, 0.1) is 13.8 Å². The first-order valence-electron chi connectivity index (χ1n) is 6.55. The SMILES string of the molecule is Cc1ccc(CN(C2CC2)S(=O)(=O)c2cn[nH]c2C)o1. The van der Waals surface area contributed by atoms with Crippen molar-refractivity contribution in [3.05, 3.63) is 35.5 Å². The molecule has 0 atom stereocenters. The molecule has 1 N–H and O–H groups in total. The summed E-state index contributed by atoms with van der Waals surface area (Å²) in [6, 6.07) is 3.73. The molecule has 0 aromatic carbocycles. The average molecular weight is 295 g/mol. The van der Waals surface area contributed by atoms with E-state index in [1.807, 2.05) is 19.1 Å². The van der Waals surface area contributed by atoms with Crippen LogP contribution in [0.15, 0.2) is 27.6 Å². The number of aromatic nitrogens is 2. The molecule has 2 heterocycles. The number of nitrogens with zero attached hydrogens (tertiary/aromatic N) is 2. The van der Waals surface area contributed by atoms with Crippen LogP contribution in [0.4, 0.5) is 0 Å². The summed E-state index contributed by atoms with van der Waals surface area (Å²) in [5.41, 5.74) is 0.561. The fourth-order valence-corrected chi connectivity index (χ4v) is 3.99. The lowest BCUT2D eigenvalue weighted by molar-refractivity contribution is 0.351. The van der Waals surface area contributed by atoms with Gasteiger partial charge in [0.1, 0.15) is 16.4 Å². The number of hydrogen-bond acceptors (Lipinski definition) is 4. The van der Waals surface area contributed by atoms with Gasteiger partial charge in [0.05, 0.1) is 18.4 Å². The minimum atomic E-state index is -3.53. The molecule has 3 rings (SSSR count). The second-order valence-electron chi connectivity index (χ2n) is 5.15. The fraction of sp³-hybridized carbons (Fsp3) is 0.462. The van der Waals surface area contributed by atoms with E-state index in [-0.39, 0.29) is 17.5 Å². The first-order valence-corrected chi connectivity index (χ1v) is 7.99. The van der Waals surface area contributed by atoms with Crippen LogP contribution < -0.4 is 0 Å². The molecule has 1 aliphatic rings. The zero-order chi connectivity index (χ0) is 14.3. The monoisotopic (exact) mass is 295 g/mol. The van der Waals surface area contributed by atoms with Gasteiger partial charge in [-0.3, -0.25) is 5.10 Å². The summed E-state index contributed by atoms with van der Waals surface area (Å²) in [4.78, 5) is 0.243. The van der Waals surface area contributed by atoms with Crippen LogP contribution in [0.25, 0.3) is 0 Å². The third-order valence-electron chi connectivity index (χ3n) is 3.43. The molecule has 0 spiro atoms. The van der Waals surface area contributed by atoms with Gasteiger partial charge in [-0.1, -0.05) is 0 Å². The van der Waals surface area contributed by atoms with E-state index in [4.69, 9.17) is 4.42 Å². The van der Waals surface area contributed by atoms with Crippen LogP contribution in [0.3, 0.4) is 0 Å². The second-order valence-corrected chi connectivity index (χ2v) is 7.01. The lowest BCUT2D eigenvalue weighted by atomic mass is 10.4. The first kappa shape index (κ1) is 13.4. The smallest absolute Gasteiger partial charge is 0.247 e. The third kappa shape index (κ3) is 2.38. The Morgan fingerprint density at radius 1 is 1.40 bits per heavy atom. The maximum absolute atomic E-state index is 12.7. The van der Waals surface area contributed by atoms with Crippen molar-refractivity contribution in [1.82, 2.24) is 14.5 Å². The molecule has 0 bridgehead atoms. The predicted molar refractivity (Wildman–Crippen MR) is 72.5 cm³/mol. The Kier molecular flexibility index (Phi) is 3.18. The molecule has 2 aromatic heterocycles. The normalized spacial score (nSPS) is 15.9. The second kappa shape index (κ2) is 4.75. The van der Waals surface area contributed by atoms with Crippen LogP contribution in [0.5, 0.6) is 0 Å². The van der Waals surface area contributed by atoms with Crippen LogP contribution in [-0.2, 0) is 16.6 Å². The molecule has 0 unspecified atom stereocenters. The van der Waals surface area contributed by atoms with Crippen molar-refractivity contribution in [2.24, 2.45) is 0 Å². The summed E-state index contributed by atoms with van der Waals surface area (Å²) in [5.74, 6) is 1.45. The topological polar surface area (TPSA) is 79.2 Å². The zero-order valence-corrected chi connectivity index (χ0v) is 12.3.